The molecule has 2 N–H and O–H groups in total. The van der Waals surface area contributed by atoms with E-state index < -0.39 is 0 Å². The topological polar surface area (TPSA) is 114 Å². The van der Waals surface area contributed by atoms with Crippen molar-refractivity contribution >= 4 is 23.8 Å². The maximum atomic E-state index is 12.9. The van der Waals surface area contributed by atoms with Crippen LogP contribution in [0.25, 0.3) is 0 Å². The minimum atomic E-state index is -0.387. The van der Waals surface area contributed by atoms with Crippen LogP contribution >= 0.6 is 0 Å². The predicted octanol–water partition coefficient (Wildman–Crippen LogP) is 13.2. The van der Waals surface area contributed by atoms with Crippen LogP contribution in [0.4, 0.5) is 0 Å². The quantitative estimate of drug-likeness (QED) is 0.0463. The highest BCUT2D eigenvalue weighted by Crippen LogP contribution is 2.19. The lowest BCUT2D eigenvalue weighted by Gasteiger charge is -2.23. The summed E-state index contributed by atoms with van der Waals surface area (Å²) in [7, 11) is 0. The Bertz CT molecular complexity index is 1040. The van der Waals surface area contributed by atoms with Gasteiger partial charge in [0.2, 0.25) is 11.8 Å². The Morgan fingerprint density at radius 1 is 0.541 bits per heavy atom. The first kappa shape index (κ1) is 56.9. The van der Waals surface area contributed by atoms with E-state index in [9.17, 15) is 19.2 Å². The molecule has 1 rings (SSSR count). The summed E-state index contributed by atoms with van der Waals surface area (Å²) < 4.78 is 11.9. The van der Waals surface area contributed by atoms with Gasteiger partial charge >= 0.3 is 11.9 Å². The van der Waals surface area contributed by atoms with Crippen molar-refractivity contribution in [2.45, 2.75) is 284 Å². The number of nitrogens with zero attached hydrogens (tertiary/aromatic N) is 1. The molecule has 61 heavy (non-hydrogen) atoms. The van der Waals surface area contributed by atoms with E-state index in [4.69, 9.17) is 9.47 Å². The standard InChI is InChI=1S/C52H99N3O6/c1-5-9-12-15-20-27-35-46(8-4)60-50(57)38-30-23-18-25-32-43-55(45-34-42-53-52(59)48-40-41-49(56)54-48)44-33-26-19-24-31-39-51(58)61-47(36-28-21-16-13-10-6-2)37-29-22-17-14-11-7-3/h46-48H,5-45H2,1-4H3,(H,53,59)(H,54,56). The fraction of sp³-hybridized carbons (Fsp3) is 0.923. The third kappa shape index (κ3) is 34.9. The van der Waals surface area contributed by atoms with Crippen molar-refractivity contribution in [2.24, 2.45) is 0 Å². The number of nitrogens with one attached hydrogen (secondary N) is 2. The van der Waals surface area contributed by atoms with Gasteiger partial charge in [-0.3, -0.25) is 19.2 Å². The first-order valence-electron chi connectivity index (χ1n) is 26.5. The van der Waals surface area contributed by atoms with Crippen LogP contribution in [-0.4, -0.2) is 73.1 Å². The fourth-order valence-corrected chi connectivity index (χ4v) is 8.61. The van der Waals surface area contributed by atoms with E-state index in [-0.39, 0.29) is 42.0 Å². The van der Waals surface area contributed by atoms with Crippen molar-refractivity contribution in [3.8, 4) is 0 Å². The molecule has 2 unspecified atom stereocenters. The molecule has 0 radical (unpaired) electrons. The van der Waals surface area contributed by atoms with Crippen molar-refractivity contribution < 1.29 is 28.7 Å². The summed E-state index contributed by atoms with van der Waals surface area (Å²) in [6.45, 7) is 12.5. The lowest BCUT2D eigenvalue weighted by molar-refractivity contribution is -0.150. The summed E-state index contributed by atoms with van der Waals surface area (Å²) in [6.07, 6.45) is 40.6. The molecule has 2 atom stereocenters. The molecule has 0 bridgehead atoms. The molecule has 1 saturated heterocycles. The lowest BCUT2D eigenvalue weighted by Crippen LogP contribution is -2.42. The van der Waals surface area contributed by atoms with Crippen LogP contribution < -0.4 is 10.6 Å². The van der Waals surface area contributed by atoms with Gasteiger partial charge in [-0.2, -0.15) is 0 Å². The molecule has 0 aliphatic carbocycles. The van der Waals surface area contributed by atoms with Crippen molar-refractivity contribution in [3.05, 3.63) is 0 Å². The van der Waals surface area contributed by atoms with Crippen molar-refractivity contribution in [1.29, 1.82) is 0 Å². The van der Waals surface area contributed by atoms with E-state index in [1.807, 2.05) is 0 Å². The molecule has 0 aromatic carbocycles. The Morgan fingerprint density at radius 2 is 0.934 bits per heavy atom. The van der Waals surface area contributed by atoms with Gasteiger partial charge in [-0.15, -0.1) is 0 Å². The lowest BCUT2D eigenvalue weighted by atomic mass is 10.0. The zero-order valence-electron chi connectivity index (χ0n) is 40.6. The summed E-state index contributed by atoms with van der Waals surface area (Å²) in [5.74, 6) is -0.141. The van der Waals surface area contributed by atoms with Crippen molar-refractivity contribution in [2.75, 3.05) is 26.2 Å². The van der Waals surface area contributed by atoms with Gasteiger partial charge in [-0.1, -0.05) is 163 Å². The van der Waals surface area contributed by atoms with Gasteiger partial charge in [0.1, 0.15) is 18.2 Å². The van der Waals surface area contributed by atoms with Gasteiger partial charge in [-0.25, -0.2) is 0 Å². The zero-order valence-corrected chi connectivity index (χ0v) is 40.6. The highest BCUT2D eigenvalue weighted by Gasteiger charge is 2.26. The molecule has 0 aromatic heterocycles. The Kier molecular flexibility index (Phi) is 39.0. The minimum absolute atomic E-state index is 0.000545. The monoisotopic (exact) mass is 862 g/mol. The third-order valence-electron chi connectivity index (χ3n) is 12.7. The van der Waals surface area contributed by atoms with E-state index in [1.54, 1.807) is 0 Å². The summed E-state index contributed by atoms with van der Waals surface area (Å²) in [5.41, 5.74) is 0. The number of carbonyl (C=O) groups is 4. The predicted molar refractivity (Wildman–Crippen MR) is 255 cm³/mol. The number of amides is 2. The second-order valence-electron chi connectivity index (χ2n) is 18.5. The van der Waals surface area contributed by atoms with E-state index in [2.05, 4.69) is 43.2 Å². The number of ether oxygens (including phenoxy) is 2. The molecule has 358 valence electrons. The van der Waals surface area contributed by atoms with Crippen LogP contribution in [-0.2, 0) is 28.7 Å². The summed E-state index contributed by atoms with van der Waals surface area (Å²) in [4.78, 5) is 51.9. The minimum Gasteiger partial charge on any atom is -0.462 e. The van der Waals surface area contributed by atoms with Gasteiger partial charge in [0, 0.05) is 25.8 Å². The normalized spacial score (nSPS) is 14.5. The van der Waals surface area contributed by atoms with Crippen LogP contribution in [0.5, 0.6) is 0 Å². The smallest absolute Gasteiger partial charge is 0.306 e. The van der Waals surface area contributed by atoms with Gasteiger partial charge in [0.25, 0.3) is 0 Å². The first-order valence-corrected chi connectivity index (χ1v) is 26.5. The summed E-state index contributed by atoms with van der Waals surface area (Å²) in [5, 5.41) is 5.79. The van der Waals surface area contributed by atoms with Gasteiger partial charge in [-0.05, 0) is 103 Å². The van der Waals surface area contributed by atoms with Crippen LogP contribution in [0.1, 0.15) is 265 Å². The van der Waals surface area contributed by atoms with E-state index in [0.29, 0.717) is 32.2 Å². The molecule has 0 spiro atoms. The molecule has 9 heteroatoms. The number of hydrogen-bond acceptors (Lipinski definition) is 7. The first-order chi connectivity index (χ1) is 29.8. The number of carbonyl (C=O) groups excluding carboxylic acids is 4. The Labute approximate surface area is 376 Å². The summed E-state index contributed by atoms with van der Waals surface area (Å²) >= 11 is 0. The molecule has 2 amide bonds. The van der Waals surface area contributed by atoms with Crippen LogP contribution in [0.15, 0.2) is 0 Å². The van der Waals surface area contributed by atoms with E-state index >= 15 is 0 Å². The fourth-order valence-electron chi connectivity index (χ4n) is 8.61. The Morgan fingerprint density at radius 3 is 1.38 bits per heavy atom. The third-order valence-corrected chi connectivity index (χ3v) is 12.7. The zero-order chi connectivity index (χ0) is 44.4. The SMILES string of the molecule is CCCCCCCCC(CC)OC(=O)CCCCCCCN(CCCCCCCC(=O)OC(CCCCCCCC)CCCCCCCC)CCCNC(=O)C1CCC(=O)N1. The highest BCUT2D eigenvalue weighted by atomic mass is 16.5. The second kappa shape index (κ2) is 41.8. The second-order valence-corrected chi connectivity index (χ2v) is 18.5. The average molecular weight is 862 g/mol. The molecule has 1 fully saturated rings. The average Bonchev–Trinajstić information content (AvgIpc) is 3.70. The van der Waals surface area contributed by atoms with Gasteiger partial charge < -0.3 is 25.0 Å². The van der Waals surface area contributed by atoms with Crippen molar-refractivity contribution in [1.82, 2.24) is 15.5 Å². The van der Waals surface area contributed by atoms with Crippen LogP contribution in [0.2, 0.25) is 0 Å². The highest BCUT2D eigenvalue weighted by molar-refractivity contribution is 5.90. The molecule has 0 aromatic rings. The number of hydrogen-bond donors (Lipinski definition) is 2. The Hall–Kier alpha value is -2.16. The molecule has 0 saturated carbocycles. The van der Waals surface area contributed by atoms with Crippen LogP contribution in [0, 0.1) is 0 Å². The maximum absolute atomic E-state index is 12.9. The molecule has 1 heterocycles. The van der Waals surface area contributed by atoms with Gasteiger partial charge in [0.05, 0.1) is 0 Å². The molecule has 9 nitrogen and oxygen atoms in total. The molecule has 1 aliphatic heterocycles. The van der Waals surface area contributed by atoms with Crippen LogP contribution in [0.3, 0.4) is 0 Å². The number of unbranched alkanes of at least 4 members (excludes halogenated alkanes) is 23. The van der Waals surface area contributed by atoms with Crippen molar-refractivity contribution in [3.63, 3.8) is 0 Å². The van der Waals surface area contributed by atoms with Gasteiger partial charge in [0.15, 0.2) is 0 Å². The summed E-state index contributed by atoms with van der Waals surface area (Å²) in [6, 6.07) is -0.387. The Balaban J connectivity index is 2.38. The number of esters is 2. The van der Waals surface area contributed by atoms with E-state index in [1.165, 1.54) is 109 Å². The molecular formula is C52H99N3O6. The molecular weight excluding hydrogens is 763 g/mol. The van der Waals surface area contributed by atoms with E-state index in [0.717, 1.165) is 122 Å². The number of rotatable bonds is 45. The molecule has 1 aliphatic rings. The largest absolute Gasteiger partial charge is 0.462 e. The maximum Gasteiger partial charge on any atom is 0.306 e.